The first kappa shape index (κ1) is 16.0. The molecule has 0 aliphatic heterocycles. The molecule has 0 bridgehead atoms. The molecule has 0 spiro atoms. The third-order valence-electron chi connectivity index (χ3n) is 2.52. The Labute approximate surface area is 121 Å². The number of anilines is 1. The standard InChI is InChI=1S/C13H15ClN2O4/c1-8(17)15-9-3-4-11(14)10(7-9)13(20)16(2)6-5-12(18)19/h3-4,7H,5-6H2,1-2H3,(H,15,17)(H,18,19). The molecule has 0 aliphatic carbocycles. The van der Waals surface area contributed by atoms with Gasteiger partial charge in [-0.3, -0.25) is 14.4 Å². The first-order valence-electron chi connectivity index (χ1n) is 5.85. The van der Waals surface area contributed by atoms with Gasteiger partial charge in [-0.2, -0.15) is 0 Å². The van der Waals surface area contributed by atoms with E-state index in [1.54, 1.807) is 6.07 Å². The van der Waals surface area contributed by atoms with Crippen molar-refractivity contribution in [3.63, 3.8) is 0 Å². The van der Waals surface area contributed by atoms with Crippen LogP contribution in [0.15, 0.2) is 18.2 Å². The van der Waals surface area contributed by atoms with Crippen molar-refractivity contribution < 1.29 is 19.5 Å². The minimum atomic E-state index is -0.984. The van der Waals surface area contributed by atoms with Crippen molar-refractivity contribution in [3.05, 3.63) is 28.8 Å². The summed E-state index contributed by atoms with van der Waals surface area (Å²) in [5.41, 5.74) is 0.669. The Bertz CT molecular complexity index is 545. The third kappa shape index (κ3) is 4.55. The number of nitrogens with zero attached hydrogens (tertiary/aromatic N) is 1. The Kier molecular flexibility index (Phi) is 5.52. The highest BCUT2D eigenvalue weighted by molar-refractivity contribution is 6.34. The molecule has 1 rings (SSSR count). The molecule has 2 amide bonds. The van der Waals surface area contributed by atoms with Gasteiger partial charge in [-0.1, -0.05) is 11.6 Å². The van der Waals surface area contributed by atoms with Crippen LogP contribution < -0.4 is 5.32 Å². The number of benzene rings is 1. The lowest BCUT2D eigenvalue weighted by atomic mass is 10.1. The van der Waals surface area contributed by atoms with Crippen LogP contribution in [0.4, 0.5) is 5.69 Å². The van der Waals surface area contributed by atoms with Crippen molar-refractivity contribution in [1.82, 2.24) is 4.90 Å². The highest BCUT2D eigenvalue weighted by Crippen LogP contribution is 2.22. The molecule has 0 heterocycles. The van der Waals surface area contributed by atoms with E-state index in [0.29, 0.717) is 5.69 Å². The van der Waals surface area contributed by atoms with E-state index in [1.165, 1.54) is 31.0 Å². The maximum Gasteiger partial charge on any atom is 0.305 e. The van der Waals surface area contributed by atoms with E-state index >= 15 is 0 Å². The molecule has 0 unspecified atom stereocenters. The molecule has 0 aliphatic rings. The van der Waals surface area contributed by atoms with Crippen LogP contribution in [-0.4, -0.2) is 41.4 Å². The zero-order chi connectivity index (χ0) is 15.3. The maximum atomic E-state index is 12.2. The van der Waals surface area contributed by atoms with Crippen LogP contribution in [0.3, 0.4) is 0 Å². The number of aliphatic carboxylic acids is 1. The van der Waals surface area contributed by atoms with Gasteiger partial charge in [0.25, 0.3) is 5.91 Å². The summed E-state index contributed by atoms with van der Waals surface area (Å²) < 4.78 is 0. The van der Waals surface area contributed by atoms with E-state index in [4.69, 9.17) is 16.7 Å². The Hall–Kier alpha value is -2.08. The Morgan fingerprint density at radius 2 is 2.00 bits per heavy atom. The van der Waals surface area contributed by atoms with Gasteiger partial charge < -0.3 is 15.3 Å². The van der Waals surface area contributed by atoms with Gasteiger partial charge in [-0.15, -0.1) is 0 Å². The van der Waals surface area contributed by atoms with Crippen LogP contribution in [0.1, 0.15) is 23.7 Å². The summed E-state index contributed by atoms with van der Waals surface area (Å²) in [4.78, 5) is 34.9. The highest BCUT2D eigenvalue weighted by atomic mass is 35.5. The minimum Gasteiger partial charge on any atom is -0.481 e. The molecule has 108 valence electrons. The smallest absolute Gasteiger partial charge is 0.305 e. The fraction of sp³-hybridized carbons (Fsp3) is 0.308. The molecule has 0 radical (unpaired) electrons. The lowest BCUT2D eigenvalue weighted by molar-refractivity contribution is -0.137. The largest absolute Gasteiger partial charge is 0.481 e. The lowest BCUT2D eigenvalue weighted by Gasteiger charge is -2.17. The molecule has 2 N–H and O–H groups in total. The van der Waals surface area contributed by atoms with E-state index in [1.807, 2.05) is 0 Å². The molecule has 0 fully saturated rings. The second-order valence-corrected chi connectivity index (χ2v) is 4.65. The van der Waals surface area contributed by atoms with Crippen LogP contribution in [0.25, 0.3) is 0 Å². The average Bonchev–Trinajstić information content (AvgIpc) is 2.36. The average molecular weight is 299 g/mol. The van der Waals surface area contributed by atoms with Gasteiger partial charge >= 0.3 is 5.97 Å². The second-order valence-electron chi connectivity index (χ2n) is 4.25. The van der Waals surface area contributed by atoms with E-state index in [0.717, 1.165) is 0 Å². The number of carboxylic acids is 1. The van der Waals surface area contributed by atoms with E-state index in [-0.39, 0.29) is 29.5 Å². The number of hydrogen-bond acceptors (Lipinski definition) is 3. The van der Waals surface area contributed by atoms with Gasteiger partial charge in [0.2, 0.25) is 5.91 Å². The molecular weight excluding hydrogens is 284 g/mol. The maximum absolute atomic E-state index is 12.2. The molecule has 0 aromatic heterocycles. The Morgan fingerprint density at radius 3 is 2.55 bits per heavy atom. The Morgan fingerprint density at radius 1 is 1.35 bits per heavy atom. The van der Waals surface area contributed by atoms with Crippen LogP contribution in [-0.2, 0) is 9.59 Å². The van der Waals surface area contributed by atoms with Crippen molar-refractivity contribution >= 4 is 35.1 Å². The van der Waals surface area contributed by atoms with Crippen LogP contribution in [0.2, 0.25) is 5.02 Å². The number of rotatable bonds is 5. The zero-order valence-corrected chi connectivity index (χ0v) is 11.9. The molecule has 0 saturated carbocycles. The number of carbonyl (C=O) groups excluding carboxylic acids is 2. The summed E-state index contributed by atoms with van der Waals surface area (Å²) in [5.74, 6) is -1.64. The van der Waals surface area contributed by atoms with Crippen molar-refractivity contribution in [1.29, 1.82) is 0 Å². The number of amides is 2. The number of hydrogen-bond donors (Lipinski definition) is 2. The van der Waals surface area contributed by atoms with Gasteiger partial charge in [-0.05, 0) is 18.2 Å². The fourth-order valence-corrected chi connectivity index (χ4v) is 1.74. The van der Waals surface area contributed by atoms with E-state index < -0.39 is 11.9 Å². The monoisotopic (exact) mass is 298 g/mol. The lowest BCUT2D eigenvalue weighted by Crippen LogP contribution is -2.29. The summed E-state index contributed by atoms with van der Waals surface area (Å²) in [7, 11) is 1.49. The van der Waals surface area contributed by atoms with Crippen LogP contribution >= 0.6 is 11.6 Å². The number of nitrogens with one attached hydrogen (secondary N) is 1. The minimum absolute atomic E-state index is 0.0782. The highest BCUT2D eigenvalue weighted by Gasteiger charge is 2.16. The molecule has 1 aromatic carbocycles. The molecule has 0 atom stereocenters. The third-order valence-corrected chi connectivity index (χ3v) is 2.85. The summed E-state index contributed by atoms with van der Waals surface area (Å²) in [6, 6.07) is 4.55. The first-order valence-corrected chi connectivity index (χ1v) is 6.23. The number of halogens is 1. The molecule has 0 saturated heterocycles. The quantitative estimate of drug-likeness (QED) is 0.868. The predicted molar refractivity (Wildman–Crippen MR) is 75.0 cm³/mol. The van der Waals surface area contributed by atoms with Gasteiger partial charge in [0.1, 0.15) is 0 Å². The number of carboxylic acid groups (broad SMARTS) is 1. The summed E-state index contributed by atoms with van der Waals surface area (Å²) in [5, 5.41) is 11.4. The van der Waals surface area contributed by atoms with Gasteiger partial charge in [0, 0.05) is 26.2 Å². The first-order chi connectivity index (χ1) is 9.31. The van der Waals surface area contributed by atoms with Crippen molar-refractivity contribution in [2.75, 3.05) is 18.9 Å². The fourth-order valence-electron chi connectivity index (χ4n) is 1.54. The van der Waals surface area contributed by atoms with Gasteiger partial charge in [0.05, 0.1) is 17.0 Å². The molecular formula is C13H15ClN2O4. The van der Waals surface area contributed by atoms with Gasteiger partial charge in [-0.25, -0.2) is 0 Å². The second kappa shape index (κ2) is 6.91. The number of carbonyl (C=O) groups is 3. The van der Waals surface area contributed by atoms with Crippen LogP contribution in [0.5, 0.6) is 0 Å². The summed E-state index contributed by atoms with van der Waals surface area (Å²) in [6.07, 6.45) is -0.148. The molecule has 6 nitrogen and oxygen atoms in total. The molecule has 1 aromatic rings. The van der Waals surface area contributed by atoms with Crippen molar-refractivity contribution in [3.8, 4) is 0 Å². The summed E-state index contributed by atoms with van der Waals surface area (Å²) >= 11 is 5.96. The summed E-state index contributed by atoms with van der Waals surface area (Å²) in [6.45, 7) is 1.43. The predicted octanol–water partition coefficient (Wildman–Crippen LogP) is 1.85. The van der Waals surface area contributed by atoms with Crippen molar-refractivity contribution in [2.24, 2.45) is 0 Å². The normalized spacial score (nSPS) is 9.95. The van der Waals surface area contributed by atoms with Crippen molar-refractivity contribution in [2.45, 2.75) is 13.3 Å². The molecule has 7 heteroatoms. The zero-order valence-electron chi connectivity index (χ0n) is 11.1. The SMILES string of the molecule is CC(=O)Nc1ccc(Cl)c(C(=O)N(C)CCC(=O)O)c1. The Balaban J connectivity index is 2.90. The topological polar surface area (TPSA) is 86.7 Å². The van der Waals surface area contributed by atoms with E-state index in [9.17, 15) is 14.4 Å². The molecule has 20 heavy (non-hydrogen) atoms. The van der Waals surface area contributed by atoms with E-state index in [2.05, 4.69) is 5.32 Å². The van der Waals surface area contributed by atoms with Gasteiger partial charge in [0.15, 0.2) is 0 Å². The van der Waals surface area contributed by atoms with Crippen LogP contribution in [0, 0.1) is 0 Å².